The summed E-state index contributed by atoms with van der Waals surface area (Å²) in [6.07, 6.45) is 2.98. The van der Waals surface area contributed by atoms with Crippen molar-refractivity contribution in [3.05, 3.63) is 59.2 Å². The molecule has 2 aromatic carbocycles. The number of hydrogen-bond donors (Lipinski definition) is 2. The van der Waals surface area contributed by atoms with Crippen LogP contribution in [0.3, 0.4) is 0 Å². The lowest BCUT2D eigenvalue weighted by molar-refractivity contribution is -0.114. The van der Waals surface area contributed by atoms with Crippen molar-refractivity contribution < 1.29 is 24.5 Å². The maximum atomic E-state index is 13.0. The van der Waals surface area contributed by atoms with Crippen LogP contribution >= 0.6 is 0 Å². The van der Waals surface area contributed by atoms with E-state index in [0.29, 0.717) is 34.7 Å². The van der Waals surface area contributed by atoms with Crippen LogP contribution in [0.25, 0.3) is 6.08 Å². The average molecular weight is 380 g/mol. The summed E-state index contributed by atoms with van der Waals surface area (Å²) in [7, 11) is 1.46. The van der Waals surface area contributed by atoms with Crippen LogP contribution < -0.4 is 9.75 Å². The number of carbonyl (C=O) groups is 2. The number of phenolic OH excluding ortho intramolecular Hbond substituents is 1. The van der Waals surface area contributed by atoms with Crippen LogP contribution in [0.2, 0.25) is 0 Å². The Hall–Kier alpha value is -3.61. The summed E-state index contributed by atoms with van der Waals surface area (Å²) in [5, 5.41) is 25.0. The monoisotopic (exact) mass is 380 g/mol. The Labute approximate surface area is 162 Å². The molecule has 2 aromatic rings. The Morgan fingerprint density at radius 3 is 2.54 bits per heavy atom. The zero-order chi connectivity index (χ0) is 20.3. The van der Waals surface area contributed by atoms with E-state index >= 15 is 0 Å². The van der Waals surface area contributed by atoms with Crippen molar-refractivity contribution >= 4 is 29.4 Å². The van der Waals surface area contributed by atoms with Gasteiger partial charge in [-0.05, 0) is 42.8 Å². The van der Waals surface area contributed by atoms with Gasteiger partial charge in [0, 0.05) is 5.56 Å². The van der Waals surface area contributed by atoms with Gasteiger partial charge in [0.1, 0.15) is 0 Å². The Morgan fingerprint density at radius 2 is 1.93 bits per heavy atom. The van der Waals surface area contributed by atoms with E-state index in [9.17, 15) is 14.7 Å². The standard InChI is InChI=1S/C21H20N2O5/c1-3-5-17-16(12-14-6-4-7-18(28-2)19(14)24)20(25)23(22-17)15-10-8-13(9-11-15)21(26)27/h4,6-12,24H,3,5H2,1-2H3,(H,26,27). The van der Waals surface area contributed by atoms with Crippen LogP contribution in [0.4, 0.5) is 5.69 Å². The number of para-hydroxylation sites is 1. The van der Waals surface area contributed by atoms with Gasteiger partial charge in [0.25, 0.3) is 5.91 Å². The lowest BCUT2D eigenvalue weighted by atomic mass is 10.0. The maximum Gasteiger partial charge on any atom is 0.335 e. The van der Waals surface area contributed by atoms with Gasteiger partial charge in [-0.15, -0.1) is 0 Å². The van der Waals surface area contributed by atoms with Crippen molar-refractivity contribution in [2.75, 3.05) is 12.1 Å². The van der Waals surface area contributed by atoms with Gasteiger partial charge >= 0.3 is 5.97 Å². The third-order valence-corrected chi connectivity index (χ3v) is 4.35. The molecule has 3 rings (SSSR count). The average Bonchev–Trinajstić information content (AvgIpc) is 2.99. The second-order valence-electron chi connectivity index (χ2n) is 6.22. The molecule has 0 atom stereocenters. The minimum Gasteiger partial charge on any atom is -0.504 e. The van der Waals surface area contributed by atoms with Gasteiger partial charge in [-0.1, -0.05) is 25.5 Å². The summed E-state index contributed by atoms with van der Waals surface area (Å²) in [5.41, 5.74) is 2.05. The number of benzene rings is 2. The van der Waals surface area contributed by atoms with Gasteiger partial charge in [0.05, 0.1) is 29.6 Å². The number of aromatic hydroxyl groups is 1. The predicted octanol–water partition coefficient (Wildman–Crippen LogP) is 3.69. The summed E-state index contributed by atoms with van der Waals surface area (Å²) in [4.78, 5) is 24.0. The van der Waals surface area contributed by atoms with E-state index in [1.54, 1.807) is 36.4 Å². The number of carbonyl (C=O) groups excluding carboxylic acids is 1. The molecule has 28 heavy (non-hydrogen) atoms. The largest absolute Gasteiger partial charge is 0.504 e. The molecule has 144 valence electrons. The SMILES string of the molecule is CCCC1=NN(c2ccc(C(=O)O)cc2)C(=O)C1=Cc1cccc(OC)c1O. The molecule has 0 bridgehead atoms. The minimum absolute atomic E-state index is 0.0505. The van der Waals surface area contributed by atoms with Gasteiger partial charge in [-0.2, -0.15) is 10.1 Å². The summed E-state index contributed by atoms with van der Waals surface area (Å²) in [6, 6.07) is 11.0. The van der Waals surface area contributed by atoms with Crippen LogP contribution in [0, 0.1) is 0 Å². The van der Waals surface area contributed by atoms with Gasteiger partial charge in [-0.3, -0.25) is 4.79 Å². The van der Waals surface area contributed by atoms with E-state index in [1.165, 1.54) is 24.3 Å². The molecule has 7 nitrogen and oxygen atoms in total. The second kappa shape index (κ2) is 7.96. The number of methoxy groups -OCH3 is 1. The number of hydrogen-bond acceptors (Lipinski definition) is 5. The Morgan fingerprint density at radius 1 is 1.21 bits per heavy atom. The number of ether oxygens (including phenoxy) is 1. The fourth-order valence-corrected chi connectivity index (χ4v) is 2.92. The highest BCUT2D eigenvalue weighted by Gasteiger charge is 2.31. The molecule has 0 unspecified atom stereocenters. The maximum absolute atomic E-state index is 13.0. The third-order valence-electron chi connectivity index (χ3n) is 4.35. The molecular formula is C21H20N2O5. The number of anilines is 1. The number of carboxylic acids is 1. The highest BCUT2D eigenvalue weighted by Crippen LogP contribution is 2.33. The quantitative estimate of drug-likeness (QED) is 0.745. The predicted molar refractivity (Wildman–Crippen MR) is 106 cm³/mol. The van der Waals surface area contributed by atoms with Crippen LogP contribution in [-0.4, -0.2) is 34.9 Å². The van der Waals surface area contributed by atoms with Crippen LogP contribution in [0.1, 0.15) is 35.7 Å². The number of nitrogens with zero attached hydrogens (tertiary/aromatic N) is 2. The summed E-state index contributed by atoms with van der Waals surface area (Å²) in [6.45, 7) is 1.98. The van der Waals surface area contributed by atoms with Gasteiger partial charge in [0.15, 0.2) is 11.5 Å². The van der Waals surface area contributed by atoms with Crippen molar-refractivity contribution in [1.82, 2.24) is 0 Å². The number of hydrazone groups is 1. The molecule has 0 radical (unpaired) electrons. The highest BCUT2D eigenvalue weighted by molar-refractivity contribution is 6.32. The second-order valence-corrected chi connectivity index (χ2v) is 6.22. The van der Waals surface area contributed by atoms with E-state index in [4.69, 9.17) is 9.84 Å². The molecule has 0 spiro atoms. The van der Waals surface area contributed by atoms with Crippen molar-refractivity contribution in [3.63, 3.8) is 0 Å². The Balaban J connectivity index is 2.00. The van der Waals surface area contributed by atoms with E-state index < -0.39 is 5.97 Å². The number of rotatable bonds is 6. The molecule has 1 aliphatic rings. The topological polar surface area (TPSA) is 99.4 Å². The highest BCUT2D eigenvalue weighted by atomic mass is 16.5. The fraction of sp³-hybridized carbons (Fsp3) is 0.190. The number of amides is 1. The molecule has 0 aliphatic carbocycles. The first-order valence-corrected chi connectivity index (χ1v) is 8.79. The lowest BCUT2D eigenvalue weighted by Crippen LogP contribution is -2.21. The molecule has 0 fully saturated rings. The fourth-order valence-electron chi connectivity index (χ4n) is 2.92. The van der Waals surface area contributed by atoms with E-state index in [0.717, 1.165) is 6.42 Å². The van der Waals surface area contributed by atoms with Gasteiger partial charge in [-0.25, -0.2) is 4.79 Å². The smallest absolute Gasteiger partial charge is 0.335 e. The normalized spacial score (nSPS) is 15.1. The van der Waals surface area contributed by atoms with Crippen LogP contribution in [0.5, 0.6) is 11.5 Å². The van der Waals surface area contributed by atoms with Crippen molar-refractivity contribution in [3.8, 4) is 11.5 Å². The molecule has 2 N–H and O–H groups in total. The zero-order valence-electron chi connectivity index (χ0n) is 15.5. The first-order chi connectivity index (χ1) is 13.5. The number of phenols is 1. The molecule has 1 amide bonds. The molecule has 0 aromatic heterocycles. The Kier molecular flexibility index (Phi) is 5.44. The summed E-state index contributed by atoms with van der Waals surface area (Å²) in [5.74, 6) is -1.11. The van der Waals surface area contributed by atoms with Crippen molar-refractivity contribution in [1.29, 1.82) is 0 Å². The third kappa shape index (κ3) is 3.59. The van der Waals surface area contributed by atoms with Crippen molar-refractivity contribution in [2.24, 2.45) is 5.10 Å². The van der Waals surface area contributed by atoms with Gasteiger partial charge in [0.2, 0.25) is 0 Å². The number of aromatic carboxylic acids is 1. The van der Waals surface area contributed by atoms with Crippen LogP contribution in [0.15, 0.2) is 53.1 Å². The van der Waals surface area contributed by atoms with Gasteiger partial charge < -0.3 is 14.9 Å². The Bertz CT molecular complexity index is 977. The summed E-state index contributed by atoms with van der Waals surface area (Å²) >= 11 is 0. The first kappa shape index (κ1) is 19.2. The van der Waals surface area contributed by atoms with E-state index in [1.807, 2.05) is 6.92 Å². The van der Waals surface area contributed by atoms with E-state index in [-0.39, 0.29) is 17.2 Å². The number of carboxylic acid groups (broad SMARTS) is 1. The lowest BCUT2D eigenvalue weighted by Gasteiger charge is -2.12. The zero-order valence-corrected chi connectivity index (χ0v) is 15.5. The van der Waals surface area contributed by atoms with Crippen molar-refractivity contribution in [2.45, 2.75) is 19.8 Å². The summed E-state index contributed by atoms with van der Waals surface area (Å²) < 4.78 is 5.12. The molecule has 7 heteroatoms. The minimum atomic E-state index is -1.04. The molecule has 1 heterocycles. The molecule has 0 saturated carbocycles. The molecule has 0 saturated heterocycles. The molecule has 1 aliphatic heterocycles. The first-order valence-electron chi connectivity index (χ1n) is 8.79. The van der Waals surface area contributed by atoms with Crippen LogP contribution in [-0.2, 0) is 4.79 Å². The van der Waals surface area contributed by atoms with E-state index in [2.05, 4.69) is 5.10 Å². The molecular weight excluding hydrogens is 360 g/mol.